The fraction of sp³-hybridized carbons (Fsp3) is 0.277. The van der Waals surface area contributed by atoms with Gasteiger partial charge in [0.15, 0.2) is 5.78 Å². The van der Waals surface area contributed by atoms with Gasteiger partial charge in [0.1, 0.15) is 23.2 Å². The number of ketones is 1. The molecule has 22 heteroatoms. The summed E-state index contributed by atoms with van der Waals surface area (Å²) in [6, 6.07) is 18.4. The van der Waals surface area contributed by atoms with Crippen LogP contribution in [0.4, 0.5) is 43.4 Å². The maximum absolute atomic E-state index is 13.6. The van der Waals surface area contributed by atoms with Crippen LogP contribution in [0.2, 0.25) is 0 Å². The van der Waals surface area contributed by atoms with Crippen molar-refractivity contribution < 1.29 is 54.5 Å². The monoisotopic (exact) mass is 977 g/mol. The third-order valence-electron chi connectivity index (χ3n) is 11.2. The number of nitrogens with one attached hydrogen (secondary N) is 2. The molecule has 15 nitrogen and oxygen atoms in total. The Morgan fingerprint density at radius 1 is 0.652 bits per heavy atom. The minimum absolute atomic E-state index is 0.133. The second-order valence-corrected chi connectivity index (χ2v) is 16.3. The second kappa shape index (κ2) is 20.2. The van der Waals surface area contributed by atoms with Crippen LogP contribution in [-0.2, 0) is 28.2 Å². The third kappa shape index (κ3) is 11.6. The predicted molar refractivity (Wildman–Crippen MR) is 244 cm³/mol. The molecule has 4 N–H and O–H groups in total. The number of aromatic amines is 2. The number of nitrogens with zero attached hydrogens (tertiary/aromatic N) is 6. The molecule has 2 saturated heterocycles. The van der Waals surface area contributed by atoms with Crippen molar-refractivity contribution in [3.05, 3.63) is 125 Å². The second-order valence-electron chi connectivity index (χ2n) is 16.0. The Kier molecular flexibility index (Phi) is 14.1. The van der Waals surface area contributed by atoms with Gasteiger partial charge in [-0.1, -0.05) is 16.4 Å². The fourth-order valence-electron chi connectivity index (χ4n) is 7.63. The van der Waals surface area contributed by atoms with E-state index in [0.29, 0.717) is 137 Å². The first-order chi connectivity index (χ1) is 32.9. The minimum Gasteiger partial charge on any atom is -0.399 e. The molecular formula is C47H42ClF6N9O6. The van der Waals surface area contributed by atoms with Crippen molar-refractivity contribution in [1.82, 2.24) is 30.2 Å². The molecule has 0 saturated carbocycles. The number of Topliss-reactive ketones (excluding diaryl/α,β-unsaturated/α-hetero) is 1. The summed E-state index contributed by atoms with van der Waals surface area (Å²) in [5, 5.41) is 6.46. The first kappa shape index (κ1) is 48.2. The molecule has 2 aliphatic rings. The summed E-state index contributed by atoms with van der Waals surface area (Å²) in [6.45, 7) is 7.36. The van der Waals surface area contributed by atoms with Crippen LogP contribution >= 0.6 is 11.6 Å². The van der Waals surface area contributed by atoms with Crippen molar-refractivity contribution in [2.45, 2.75) is 32.6 Å². The normalized spacial score (nSPS) is 14.3. The van der Waals surface area contributed by atoms with Gasteiger partial charge in [-0.15, -0.1) is 0 Å². The Labute approximate surface area is 393 Å². The zero-order valence-electron chi connectivity index (χ0n) is 36.8. The minimum atomic E-state index is -4.49. The van der Waals surface area contributed by atoms with Crippen LogP contribution in [0.15, 0.2) is 94.2 Å². The first-order valence-corrected chi connectivity index (χ1v) is 21.7. The predicted octanol–water partition coefficient (Wildman–Crippen LogP) is 9.84. The molecule has 0 unspecified atom stereocenters. The number of carbonyl (C=O) groups excluding carboxylic acids is 2. The van der Waals surface area contributed by atoms with Crippen LogP contribution < -0.4 is 15.5 Å². The Balaban J connectivity index is 0.000000161. The molecule has 69 heavy (non-hydrogen) atoms. The molecule has 0 spiro atoms. The molecule has 0 amide bonds. The van der Waals surface area contributed by atoms with Crippen LogP contribution in [0.25, 0.3) is 44.8 Å². The van der Waals surface area contributed by atoms with Gasteiger partial charge in [-0.2, -0.15) is 26.3 Å². The number of halogens is 7. The fourth-order valence-corrected chi connectivity index (χ4v) is 7.82. The highest BCUT2D eigenvalue weighted by molar-refractivity contribution is 6.67. The van der Waals surface area contributed by atoms with E-state index in [0.717, 1.165) is 23.8 Å². The summed E-state index contributed by atoms with van der Waals surface area (Å²) in [6.07, 6.45) is -6.10. The van der Waals surface area contributed by atoms with Crippen molar-refractivity contribution in [3.8, 4) is 22.8 Å². The number of nitrogen functional groups attached to an aromatic ring is 1. The molecule has 0 aliphatic carbocycles. The van der Waals surface area contributed by atoms with Gasteiger partial charge in [-0.3, -0.25) is 9.59 Å². The number of benzene rings is 4. The molecule has 6 heterocycles. The van der Waals surface area contributed by atoms with E-state index in [1.165, 1.54) is 18.5 Å². The number of nitrogens with two attached hydrogens (primary N) is 1. The number of morpholine rings is 2. The molecule has 10 rings (SSSR count). The lowest BCUT2D eigenvalue weighted by atomic mass is 10.0. The van der Waals surface area contributed by atoms with E-state index in [4.69, 9.17) is 31.3 Å². The molecule has 8 aromatic rings. The number of imidazole rings is 2. The highest BCUT2D eigenvalue weighted by Gasteiger charge is 2.34. The molecule has 2 fully saturated rings. The van der Waals surface area contributed by atoms with E-state index in [1.807, 2.05) is 9.80 Å². The number of aromatic nitrogens is 6. The number of fused-ring (bicyclic) bond motifs is 2. The highest BCUT2D eigenvalue weighted by atomic mass is 35.5. The van der Waals surface area contributed by atoms with Crippen LogP contribution in [0, 0.1) is 13.8 Å². The standard InChI is InChI=1S/C24H21F3N4O3.C18H17F3N4O.C5H4ClNO2/c1-14-19(13-28-34-14)22(32)9-15-2-3-20-21(8-15)30-23(29-20)16-10-17(24(25,26)27)12-18(11-16)31-4-6-33-7-5-31;19-18(20,21)12-7-11(8-14(9-12)25-3-5-26-6-4-25)17-23-15-2-1-13(22)10-16(15)24-17;1-3-4(5(6)8)2-7-9-3/h2-3,8,10-13H,4-7,9H2,1H3,(H,29,30);1-2,7-10H,3-6,22H2,(H,23,24);2H,1H3. The number of ether oxygens (including phenoxy) is 2. The van der Waals surface area contributed by atoms with E-state index in [9.17, 15) is 35.9 Å². The summed E-state index contributed by atoms with van der Waals surface area (Å²) in [7, 11) is 0. The summed E-state index contributed by atoms with van der Waals surface area (Å²) in [5.41, 5.74) is 10.7. The Hall–Kier alpha value is -7.23. The maximum atomic E-state index is 13.6. The lowest BCUT2D eigenvalue weighted by Gasteiger charge is -2.29. The van der Waals surface area contributed by atoms with E-state index in [2.05, 4.69) is 34.8 Å². The molecule has 0 radical (unpaired) electrons. The molecular weight excluding hydrogens is 936 g/mol. The van der Waals surface area contributed by atoms with E-state index < -0.39 is 28.7 Å². The zero-order valence-corrected chi connectivity index (χ0v) is 37.6. The molecule has 4 aromatic carbocycles. The molecule has 0 atom stereocenters. The number of hydrogen-bond donors (Lipinski definition) is 3. The maximum Gasteiger partial charge on any atom is 0.416 e. The van der Waals surface area contributed by atoms with Gasteiger partial charge < -0.3 is 44.0 Å². The van der Waals surface area contributed by atoms with Gasteiger partial charge in [0, 0.05) is 60.8 Å². The van der Waals surface area contributed by atoms with Crippen molar-refractivity contribution in [2.75, 3.05) is 68.1 Å². The number of anilines is 3. The Morgan fingerprint density at radius 3 is 1.55 bits per heavy atom. The first-order valence-electron chi connectivity index (χ1n) is 21.3. The number of alkyl halides is 6. The van der Waals surface area contributed by atoms with Gasteiger partial charge in [-0.05, 0) is 97.7 Å². The average Bonchev–Trinajstić information content (AvgIpc) is 4.16. The van der Waals surface area contributed by atoms with Crippen LogP contribution in [0.5, 0.6) is 0 Å². The smallest absolute Gasteiger partial charge is 0.399 e. The number of rotatable bonds is 8. The molecule has 360 valence electrons. The van der Waals surface area contributed by atoms with E-state index in [-0.39, 0.29) is 12.2 Å². The number of H-pyrrole nitrogens is 2. The van der Waals surface area contributed by atoms with Crippen molar-refractivity contribution in [3.63, 3.8) is 0 Å². The van der Waals surface area contributed by atoms with E-state index in [1.54, 1.807) is 62.4 Å². The van der Waals surface area contributed by atoms with Crippen LogP contribution in [0.3, 0.4) is 0 Å². The van der Waals surface area contributed by atoms with Crippen LogP contribution in [0.1, 0.15) is 48.9 Å². The van der Waals surface area contributed by atoms with Crippen LogP contribution in [-0.4, -0.2) is 93.9 Å². The molecule has 0 bridgehead atoms. The lowest BCUT2D eigenvalue weighted by molar-refractivity contribution is -0.138. The van der Waals surface area contributed by atoms with Crippen molar-refractivity contribution >= 4 is 61.8 Å². The number of carbonyl (C=O) groups is 2. The summed E-state index contributed by atoms with van der Waals surface area (Å²) < 4.78 is 101. The quantitative estimate of drug-likeness (QED) is 0.0564. The third-order valence-corrected chi connectivity index (χ3v) is 11.4. The zero-order chi connectivity index (χ0) is 49.0. The average molecular weight is 978 g/mol. The van der Waals surface area contributed by atoms with E-state index >= 15 is 0 Å². The van der Waals surface area contributed by atoms with Gasteiger partial charge >= 0.3 is 12.4 Å². The highest BCUT2D eigenvalue weighted by Crippen LogP contribution is 2.38. The van der Waals surface area contributed by atoms with Crippen molar-refractivity contribution in [2.24, 2.45) is 0 Å². The largest absolute Gasteiger partial charge is 0.416 e. The SMILES string of the molecule is Cc1oncc1C(=O)Cc1ccc2nc(-c3cc(N4CCOCC4)cc(C(F)(F)F)c3)[nH]c2c1.Cc1oncc1C(=O)Cl.Nc1ccc2nc(-c3cc(N4CCOCC4)cc(C(F)(F)F)c3)[nH]c2c1. The summed E-state index contributed by atoms with van der Waals surface area (Å²) in [4.78, 5) is 41.8. The number of aryl methyl sites for hydroxylation is 2. The lowest BCUT2D eigenvalue weighted by Crippen LogP contribution is -2.36. The van der Waals surface area contributed by atoms with Crippen molar-refractivity contribution in [1.29, 1.82) is 0 Å². The van der Waals surface area contributed by atoms with Gasteiger partial charge in [0.25, 0.3) is 5.24 Å². The van der Waals surface area contributed by atoms with Gasteiger partial charge in [0.05, 0.1) is 83.1 Å². The van der Waals surface area contributed by atoms with Gasteiger partial charge in [0.2, 0.25) is 0 Å². The summed E-state index contributed by atoms with van der Waals surface area (Å²) in [5.74, 6) is 1.48. The Morgan fingerprint density at radius 2 is 1.12 bits per heavy atom. The Bertz CT molecular complexity index is 3110. The molecule has 4 aromatic heterocycles. The molecule has 2 aliphatic heterocycles. The number of hydrogen-bond acceptors (Lipinski definition) is 13. The topological polar surface area (TPSA) is 195 Å². The van der Waals surface area contributed by atoms with Gasteiger partial charge in [-0.25, -0.2) is 9.97 Å². The summed E-state index contributed by atoms with van der Waals surface area (Å²) >= 11 is 5.11.